The predicted molar refractivity (Wildman–Crippen MR) is 154 cm³/mol. The fourth-order valence-corrected chi connectivity index (χ4v) is 7.80. The van der Waals surface area contributed by atoms with Gasteiger partial charge in [-0.3, -0.25) is 14.5 Å². The van der Waals surface area contributed by atoms with Crippen LogP contribution < -0.4 is 0 Å². The summed E-state index contributed by atoms with van der Waals surface area (Å²) >= 11 is 0. The van der Waals surface area contributed by atoms with Crippen LogP contribution in [-0.2, 0) is 14.2 Å². The van der Waals surface area contributed by atoms with Crippen LogP contribution in [0.15, 0.2) is 28.9 Å². The van der Waals surface area contributed by atoms with Gasteiger partial charge in [-0.15, -0.1) is 0 Å². The number of fused-ring (bicyclic) bond motifs is 3. The summed E-state index contributed by atoms with van der Waals surface area (Å²) in [6, 6.07) is 4.06. The van der Waals surface area contributed by atoms with Gasteiger partial charge in [-0.25, -0.2) is 0 Å². The van der Waals surface area contributed by atoms with Crippen LogP contribution in [0.25, 0.3) is 6.08 Å². The van der Waals surface area contributed by atoms with E-state index in [-0.39, 0.29) is 41.7 Å². The third kappa shape index (κ3) is 5.37. The summed E-state index contributed by atoms with van der Waals surface area (Å²) in [5, 5.41) is 21.0. The van der Waals surface area contributed by atoms with Gasteiger partial charge in [-0.2, -0.15) is 0 Å². The lowest BCUT2D eigenvalue weighted by Crippen LogP contribution is -2.46. The molecule has 2 heterocycles. The van der Waals surface area contributed by atoms with Crippen molar-refractivity contribution in [2.75, 3.05) is 0 Å². The quantitative estimate of drug-likeness (QED) is 0.251. The van der Waals surface area contributed by atoms with Gasteiger partial charge in [-0.1, -0.05) is 50.3 Å². The van der Waals surface area contributed by atoms with E-state index in [0.29, 0.717) is 18.5 Å². The first kappa shape index (κ1) is 28.2. The molecule has 2 N–H and O–H groups in total. The fraction of sp³-hybridized carbons (Fsp3) is 0.625. The summed E-state index contributed by atoms with van der Waals surface area (Å²) in [4.78, 5) is 29.1. The Labute approximate surface area is 233 Å². The minimum Gasteiger partial charge on any atom is -0.507 e. The molecule has 2 saturated heterocycles. The molecular weight excluding hydrogens is 489 g/mol. The number of carbonyl (C=O) groups excluding carboxylic acids is 2. The number of carbonyl (C=O) groups is 2. The molecule has 0 unspecified atom stereocenters. The Hall–Kier alpha value is -2.38. The van der Waals surface area contributed by atoms with Gasteiger partial charge in [0.05, 0.1) is 17.9 Å². The third-order valence-corrected chi connectivity index (χ3v) is 9.77. The first-order valence-corrected chi connectivity index (χ1v) is 15.1. The van der Waals surface area contributed by atoms with Crippen molar-refractivity contribution in [3.05, 3.63) is 45.5 Å². The molecule has 210 valence electrons. The van der Waals surface area contributed by atoms with Gasteiger partial charge in [0.2, 0.25) is 11.8 Å². The van der Waals surface area contributed by atoms with Crippen LogP contribution in [0.5, 0.6) is 5.75 Å². The maximum absolute atomic E-state index is 13.8. The van der Waals surface area contributed by atoms with Gasteiger partial charge in [0.25, 0.3) is 0 Å². The number of benzene rings is 1. The summed E-state index contributed by atoms with van der Waals surface area (Å²) in [7, 11) is -0.927. The van der Waals surface area contributed by atoms with Gasteiger partial charge in [0.1, 0.15) is 5.75 Å². The smallest absolute Gasteiger partial charge is 0.455 e. The van der Waals surface area contributed by atoms with Crippen LogP contribution in [0.2, 0.25) is 6.32 Å². The zero-order chi connectivity index (χ0) is 27.8. The Morgan fingerprint density at radius 1 is 1.08 bits per heavy atom. The summed E-state index contributed by atoms with van der Waals surface area (Å²) in [6.45, 7) is 8.12. The van der Waals surface area contributed by atoms with Crippen LogP contribution >= 0.6 is 0 Å². The molecule has 2 aliphatic heterocycles. The normalized spacial score (nSPS) is 28.3. The topological polar surface area (TPSA) is 87.1 Å². The molecule has 1 aromatic carbocycles. The first-order chi connectivity index (χ1) is 18.7. The Balaban J connectivity index is 1.39. The van der Waals surface area contributed by atoms with E-state index in [2.05, 4.69) is 19.9 Å². The second-order valence-corrected chi connectivity index (χ2v) is 12.2. The maximum atomic E-state index is 13.8. The molecule has 1 aromatic rings. The number of allylic oxidation sites excluding steroid dienone is 2. The Bertz CT molecular complexity index is 1160. The number of aryl methyl sites for hydroxylation is 2. The van der Waals surface area contributed by atoms with Gasteiger partial charge in [0.15, 0.2) is 0 Å². The van der Waals surface area contributed by atoms with E-state index in [9.17, 15) is 19.7 Å². The van der Waals surface area contributed by atoms with Gasteiger partial charge < -0.3 is 14.8 Å². The highest BCUT2D eigenvalue weighted by atomic mass is 16.5. The van der Waals surface area contributed by atoms with E-state index in [0.717, 1.165) is 68.1 Å². The highest BCUT2D eigenvalue weighted by Gasteiger charge is 2.58. The molecule has 0 radical (unpaired) electrons. The molecule has 3 fully saturated rings. The SMILES string of the molecule is CCC1=C2[C@@H](CC/C(=C/c3cc(C)c(O)c(C)c3)CC)OB(O)C[C@@H]2[C@@H]2C(=O)N(C3CCCCC3)C(=O)[C@@H]2C1. The summed E-state index contributed by atoms with van der Waals surface area (Å²) < 4.78 is 6.17. The van der Waals surface area contributed by atoms with Crippen molar-refractivity contribution in [1.82, 2.24) is 4.90 Å². The van der Waals surface area contributed by atoms with Crippen molar-refractivity contribution in [2.45, 2.75) is 110 Å². The van der Waals surface area contributed by atoms with Gasteiger partial charge >= 0.3 is 7.12 Å². The van der Waals surface area contributed by atoms with Crippen LogP contribution in [-0.4, -0.2) is 46.1 Å². The number of amides is 2. The van der Waals surface area contributed by atoms with E-state index < -0.39 is 7.12 Å². The number of likely N-dealkylation sites (tertiary alicyclic amines) is 1. The Kier molecular flexibility index (Phi) is 8.39. The predicted octanol–water partition coefficient (Wildman–Crippen LogP) is 6.12. The number of hydrogen-bond donors (Lipinski definition) is 2. The van der Waals surface area contributed by atoms with Gasteiger partial charge in [0, 0.05) is 6.04 Å². The standard InChI is InChI=1S/C32H44BNO5/c1-5-21(16-22-14-19(3)30(35)20(4)15-22)12-13-27-28-23(6-2)17-25-29(26(28)18-33(38)39-27)32(37)34(31(25)36)24-10-8-7-9-11-24/h14-16,24-27,29,35,38H,5-13,17-18H2,1-4H3/b21-16+/t25-,26+,27-,29-/m1/s1. The minimum absolute atomic E-state index is 0.00499. The van der Waals surface area contributed by atoms with Gasteiger partial charge in [-0.05, 0) is 105 Å². The molecule has 39 heavy (non-hydrogen) atoms. The highest BCUT2D eigenvalue weighted by Crippen LogP contribution is 2.52. The van der Waals surface area contributed by atoms with E-state index in [1.54, 1.807) is 4.90 Å². The van der Waals surface area contributed by atoms with Crippen LogP contribution in [0, 0.1) is 31.6 Å². The van der Waals surface area contributed by atoms with E-state index in [1.165, 1.54) is 23.1 Å². The molecule has 6 nitrogen and oxygen atoms in total. The summed E-state index contributed by atoms with van der Waals surface area (Å²) in [5.41, 5.74) is 6.52. The van der Waals surface area contributed by atoms with Crippen molar-refractivity contribution in [1.29, 1.82) is 0 Å². The molecule has 0 aromatic heterocycles. The lowest BCUT2D eigenvalue weighted by Gasteiger charge is -2.43. The molecule has 7 heteroatoms. The minimum atomic E-state index is -0.927. The molecule has 2 amide bonds. The lowest BCUT2D eigenvalue weighted by atomic mass is 9.58. The second kappa shape index (κ2) is 11.6. The summed E-state index contributed by atoms with van der Waals surface area (Å²) in [5.74, 6) is -0.424. The van der Waals surface area contributed by atoms with Crippen molar-refractivity contribution in [3.8, 4) is 5.75 Å². The molecular formula is C32H44BNO5. The molecule has 0 bridgehead atoms. The monoisotopic (exact) mass is 533 g/mol. The first-order valence-electron chi connectivity index (χ1n) is 15.1. The molecule has 4 aliphatic rings. The highest BCUT2D eigenvalue weighted by molar-refractivity contribution is 6.43. The second-order valence-electron chi connectivity index (χ2n) is 12.2. The van der Waals surface area contributed by atoms with Crippen LogP contribution in [0.4, 0.5) is 0 Å². The third-order valence-electron chi connectivity index (χ3n) is 9.77. The van der Waals surface area contributed by atoms with E-state index in [4.69, 9.17) is 4.65 Å². The Morgan fingerprint density at radius 2 is 1.77 bits per heavy atom. The zero-order valence-corrected chi connectivity index (χ0v) is 24.0. The van der Waals surface area contributed by atoms with Crippen molar-refractivity contribution < 1.29 is 24.4 Å². The largest absolute Gasteiger partial charge is 0.507 e. The molecule has 4 atom stereocenters. The average Bonchev–Trinajstić information content (AvgIpc) is 3.18. The number of aromatic hydroxyl groups is 1. The number of rotatable bonds is 7. The number of phenolic OH excluding ortho intramolecular Hbond substituents is 1. The average molecular weight is 534 g/mol. The maximum Gasteiger partial charge on any atom is 0.455 e. The molecule has 0 spiro atoms. The number of phenols is 1. The number of nitrogens with zero attached hydrogens (tertiary/aromatic N) is 1. The zero-order valence-electron chi connectivity index (χ0n) is 24.0. The summed E-state index contributed by atoms with van der Waals surface area (Å²) in [6.07, 6.45) is 11.4. The van der Waals surface area contributed by atoms with E-state index >= 15 is 0 Å². The lowest BCUT2D eigenvalue weighted by molar-refractivity contribution is -0.143. The van der Waals surface area contributed by atoms with Crippen molar-refractivity contribution >= 4 is 25.0 Å². The molecule has 5 rings (SSSR count). The fourth-order valence-electron chi connectivity index (χ4n) is 7.80. The van der Waals surface area contributed by atoms with Crippen molar-refractivity contribution in [2.24, 2.45) is 17.8 Å². The van der Waals surface area contributed by atoms with E-state index in [1.807, 2.05) is 26.0 Å². The van der Waals surface area contributed by atoms with Crippen molar-refractivity contribution in [3.63, 3.8) is 0 Å². The van der Waals surface area contributed by atoms with Crippen LogP contribution in [0.1, 0.15) is 94.7 Å². The molecule has 2 aliphatic carbocycles. The Morgan fingerprint density at radius 3 is 2.41 bits per heavy atom. The number of hydrogen-bond acceptors (Lipinski definition) is 5. The molecule has 1 saturated carbocycles. The van der Waals surface area contributed by atoms with Crippen LogP contribution in [0.3, 0.4) is 0 Å². The number of imide groups is 1.